The summed E-state index contributed by atoms with van der Waals surface area (Å²) in [5.41, 5.74) is 2.39. The number of aromatic nitrogens is 2. The zero-order valence-corrected chi connectivity index (χ0v) is 11.8. The van der Waals surface area contributed by atoms with E-state index in [0.717, 1.165) is 28.9 Å². The molecule has 2 fully saturated rings. The minimum atomic E-state index is -0.201. The van der Waals surface area contributed by atoms with Gasteiger partial charge in [0, 0.05) is 12.5 Å². The number of nitrogens with one attached hydrogen (secondary N) is 3. The Morgan fingerprint density at radius 2 is 2.05 bits per heavy atom. The molecule has 3 atom stereocenters. The minimum Gasteiger partial charge on any atom is -0.352 e. The van der Waals surface area contributed by atoms with Crippen molar-refractivity contribution in [3.8, 4) is 0 Å². The Hall–Kier alpha value is -2.04. The Morgan fingerprint density at radius 3 is 2.81 bits per heavy atom. The molecule has 0 spiro atoms. The van der Waals surface area contributed by atoms with Gasteiger partial charge in [-0.3, -0.25) is 4.79 Å². The van der Waals surface area contributed by atoms with Crippen LogP contribution in [0.1, 0.15) is 31.2 Å². The first-order chi connectivity index (χ1) is 10.2. The van der Waals surface area contributed by atoms with Crippen molar-refractivity contribution in [1.82, 2.24) is 15.3 Å². The van der Waals surface area contributed by atoms with Gasteiger partial charge in [-0.05, 0) is 48.8 Å². The van der Waals surface area contributed by atoms with Crippen molar-refractivity contribution in [2.45, 2.75) is 32.2 Å². The van der Waals surface area contributed by atoms with Gasteiger partial charge in [0.05, 0.1) is 11.0 Å². The van der Waals surface area contributed by atoms with E-state index in [1.165, 1.54) is 19.3 Å². The monoisotopic (exact) mass is 285 g/mol. The lowest BCUT2D eigenvalue weighted by atomic mass is 9.88. The lowest BCUT2D eigenvalue weighted by Crippen LogP contribution is -2.33. The molecular weight excluding hydrogens is 266 g/mol. The van der Waals surface area contributed by atoms with E-state index in [1.807, 2.05) is 18.2 Å². The number of carbonyl (C=O) groups excluding carboxylic acids is 1. The number of hydrogen-bond donors (Lipinski definition) is 3. The maximum Gasteiger partial charge on any atom is 0.323 e. The predicted octanol–water partition coefficient (Wildman–Crippen LogP) is 1.91. The van der Waals surface area contributed by atoms with Crippen LogP contribution in [0.25, 0.3) is 11.0 Å². The van der Waals surface area contributed by atoms with Gasteiger partial charge in [0.1, 0.15) is 0 Å². The number of fused-ring (bicyclic) bond motifs is 3. The Labute approximate surface area is 122 Å². The fourth-order valence-corrected chi connectivity index (χ4v) is 4.08. The molecular formula is C16H19N3O2. The molecule has 0 radical (unpaired) electrons. The molecule has 3 N–H and O–H groups in total. The summed E-state index contributed by atoms with van der Waals surface area (Å²) in [5, 5.41) is 3.06. The van der Waals surface area contributed by atoms with Gasteiger partial charge in [-0.15, -0.1) is 0 Å². The first kappa shape index (κ1) is 12.7. The van der Waals surface area contributed by atoms with Gasteiger partial charge in [0.25, 0.3) is 0 Å². The number of H-pyrrole nitrogens is 2. The number of hydrogen-bond acceptors (Lipinski definition) is 2. The summed E-state index contributed by atoms with van der Waals surface area (Å²) < 4.78 is 0. The van der Waals surface area contributed by atoms with E-state index < -0.39 is 0 Å². The van der Waals surface area contributed by atoms with Gasteiger partial charge in [-0.25, -0.2) is 4.79 Å². The van der Waals surface area contributed by atoms with Crippen LogP contribution >= 0.6 is 0 Å². The van der Waals surface area contributed by atoms with Gasteiger partial charge in [0.2, 0.25) is 5.91 Å². The van der Waals surface area contributed by atoms with Crippen molar-refractivity contribution in [1.29, 1.82) is 0 Å². The molecule has 1 aromatic heterocycles. The highest BCUT2D eigenvalue weighted by Gasteiger charge is 2.42. The molecule has 0 saturated heterocycles. The summed E-state index contributed by atoms with van der Waals surface area (Å²) in [7, 11) is 0. The Kier molecular flexibility index (Phi) is 2.87. The predicted molar refractivity (Wildman–Crippen MR) is 79.7 cm³/mol. The second-order valence-electron chi connectivity index (χ2n) is 6.46. The molecule has 1 heterocycles. The maximum atomic E-state index is 12.3. The van der Waals surface area contributed by atoms with Gasteiger partial charge < -0.3 is 15.3 Å². The Morgan fingerprint density at radius 1 is 1.19 bits per heavy atom. The summed E-state index contributed by atoms with van der Waals surface area (Å²) in [6.07, 6.45) is 4.85. The average molecular weight is 285 g/mol. The van der Waals surface area contributed by atoms with E-state index in [9.17, 15) is 9.59 Å². The highest BCUT2D eigenvalue weighted by Crippen LogP contribution is 2.48. The van der Waals surface area contributed by atoms with Crippen LogP contribution in [-0.4, -0.2) is 15.9 Å². The molecule has 2 aliphatic carbocycles. The summed E-state index contributed by atoms with van der Waals surface area (Å²) in [6.45, 7) is 0.524. The van der Waals surface area contributed by atoms with Crippen molar-refractivity contribution in [2.75, 3.05) is 0 Å². The van der Waals surface area contributed by atoms with Crippen molar-refractivity contribution in [2.24, 2.45) is 17.8 Å². The lowest BCUT2D eigenvalue weighted by Gasteiger charge is -2.20. The van der Waals surface area contributed by atoms with Gasteiger partial charge in [0.15, 0.2) is 0 Å². The van der Waals surface area contributed by atoms with Crippen LogP contribution in [0.15, 0.2) is 23.0 Å². The SMILES string of the molecule is O=C(NCc1ccc2[nH]c(=O)[nH]c2c1)C1CC2CCC1C2. The molecule has 1 aromatic carbocycles. The molecule has 4 rings (SSSR count). The zero-order valence-electron chi connectivity index (χ0n) is 11.8. The molecule has 0 aliphatic heterocycles. The largest absolute Gasteiger partial charge is 0.352 e. The van der Waals surface area contributed by atoms with E-state index >= 15 is 0 Å². The van der Waals surface area contributed by atoms with Crippen LogP contribution in [-0.2, 0) is 11.3 Å². The maximum absolute atomic E-state index is 12.3. The van der Waals surface area contributed by atoms with E-state index in [4.69, 9.17) is 0 Å². The van der Waals surface area contributed by atoms with Crippen molar-refractivity contribution in [3.05, 3.63) is 34.2 Å². The van der Waals surface area contributed by atoms with Crippen molar-refractivity contribution in [3.63, 3.8) is 0 Å². The van der Waals surface area contributed by atoms with Gasteiger partial charge >= 0.3 is 5.69 Å². The summed E-state index contributed by atoms with van der Waals surface area (Å²) >= 11 is 0. The molecule has 110 valence electrons. The number of rotatable bonds is 3. The van der Waals surface area contributed by atoms with Gasteiger partial charge in [-0.1, -0.05) is 12.5 Å². The number of carbonyl (C=O) groups is 1. The van der Waals surface area contributed by atoms with Crippen LogP contribution < -0.4 is 11.0 Å². The normalized spacial score (nSPS) is 27.3. The topological polar surface area (TPSA) is 77.8 Å². The summed E-state index contributed by atoms with van der Waals surface area (Å²) in [4.78, 5) is 29.0. The molecule has 21 heavy (non-hydrogen) atoms. The van der Waals surface area contributed by atoms with Crippen LogP contribution in [0.2, 0.25) is 0 Å². The summed E-state index contributed by atoms with van der Waals surface area (Å²) in [6, 6.07) is 5.72. The molecule has 2 saturated carbocycles. The molecule has 2 aliphatic rings. The standard InChI is InChI=1S/C16H19N3O2/c20-15(12-6-9-1-3-11(12)5-9)17-8-10-2-4-13-14(7-10)19-16(21)18-13/h2,4,7,9,11-12H,1,3,5-6,8H2,(H,17,20)(H2,18,19,21). The lowest BCUT2D eigenvalue weighted by molar-refractivity contribution is -0.126. The zero-order chi connectivity index (χ0) is 14.4. The smallest absolute Gasteiger partial charge is 0.323 e. The Bertz CT molecular complexity index is 745. The third kappa shape index (κ3) is 2.26. The van der Waals surface area contributed by atoms with Crippen LogP contribution in [0.5, 0.6) is 0 Å². The van der Waals surface area contributed by atoms with E-state index in [1.54, 1.807) is 0 Å². The molecule has 5 heteroatoms. The minimum absolute atomic E-state index is 0.199. The van der Waals surface area contributed by atoms with Crippen LogP contribution in [0.4, 0.5) is 0 Å². The van der Waals surface area contributed by atoms with Crippen LogP contribution in [0.3, 0.4) is 0 Å². The molecule has 3 unspecified atom stereocenters. The third-order valence-corrected chi connectivity index (χ3v) is 5.12. The molecule has 2 bridgehead atoms. The van der Waals surface area contributed by atoms with Gasteiger partial charge in [-0.2, -0.15) is 0 Å². The highest BCUT2D eigenvalue weighted by molar-refractivity contribution is 5.80. The van der Waals surface area contributed by atoms with Crippen LogP contribution in [0, 0.1) is 17.8 Å². The molecule has 5 nitrogen and oxygen atoms in total. The summed E-state index contributed by atoms with van der Waals surface area (Å²) in [5.74, 6) is 1.81. The second kappa shape index (κ2) is 4.76. The first-order valence-corrected chi connectivity index (χ1v) is 7.67. The van der Waals surface area contributed by atoms with E-state index in [-0.39, 0.29) is 17.5 Å². The number of imidazole rings is 1. The second-order valence-corrected chi connectivity index (χ2v) is 6.46. The average Bonchev–Trinajstić information content (AvgIpc) is 3.17. The molecule has 1 amide bonds. The van der Waals surface area contributed by atoms with Crippen molar-refractivity contribution >= 4 is 16.9 Å². The number of aromatic amines is 2. The molecule has 2 aromatic rings. The fourth-order valence-electron chi connectivity index (χ4n) is 4.08. The first-order valence-electron chi connectivity index (χ1n) is 7.67. The van der Waals surface area contributed by atoms with E-state index in [2.05, 4.69) is 15.3 Å². The number of benzene rings is 1. The quantitative estimate of drug-likeness (QED) is 0.805. The van der Waals surface area contributed by atoms with E-state index in [0.29, 0.717) is 12.5 Å². The third-order valence-electron chi connectivity index (χ3n) is 5.12. The fraction of sp³-hybridized carbons (Fsp3) is 0.500. The highest BCUT2D eigenvalue weighted by atomic mass is 16.2. The van der Waals surface area contributed by atoms with Crippen molar-refractivity contribution < 1.29 is 4.79 Å². The Balaban J connectivity index is 1.43. The number of amides is 1.